The first-order valence-corrected chi connectivity index (χ1v) is 8.57. The van der Waals surface area contributed by atoms with Crippen molar-refractivity contribution in [1.29, 1.82) is 5.26 Å². The van der Waals surface area contributed by atoms with E-state index in [2.05, 4.69) is 6.07 Å². The third-order valence-electron chi connectivity index (χ3n) is 4.30. The number of aliphatic hydroxyl groups excluding tert-OH is 2. The minimum atomic E-state index is -1.17. The van der Waals surface area contributed by atoms with Crippen LogP contribution in [0, 0.1) is 11.3 Å². The zero-order chi connectivity index (χ0) is 19.6. The molecule has 2 aromatic carbocycles. The summed E-state index contributed by atoms with van der Waals surface area (Å²) in [4.78, 5) is 13.0. The van der Waals surface area contributed by atoms with Crippen LogP contribution in [0.2, 0.25) is 5.02 Å². The third-order valence-corrected chi connectivity index (χ3v) is 4.54. The second-order valence-electron chi connectivity index (χ2n) is 6.01. The lowest BCUT2D eigenvalue weighted by Gasteiger charge is -2.18. The average Bonchev–Trinajstić information content (AvgIpc) is 2.69. The van der Waals surface area contributed by atoms with Gasteiger partial charge in [-0.25, -0.2) is 0 Å². The first kappa shape index (κ1) is 18.9. The van der Waals surface area contributed by atoms with Gasteiger partial charge in [0, 0.05) is 21.4 Å². The van der Waals surface area contributed by atoms with Crippen LogP contribution in [-0.2, 0) is 6.54 Å². The summed E-state index contributed by atoms with van der Waals surface area (Å²) in [5.41, 5.74) is 0.821. The molecule has 1 heterocycles. The Labute approximate surface area is 160 Å². The average molecular weight is 385 g/mol. The molecule has 2 N–H and O–H groups in total. The zero-order valence-corrected chi connectivity index (χ0v) is 15.3. The van der Waals surface area contributed by atoms with E-state index in [4.69, 9.17) is 16.3 Å². The Morgan fingerprint density at radius 2 is 2.04 bits per heavy atom. The normalized spacial score (nSPS) is 12.0. The Morgan fingerprint density at radius 3 is 2.67 bits per heavy atom. The molecule has 6 nitrogen and oxygen atoms in total. The fraction of sp³-hybridized carbons (Fsp3) is 0.200. The predicted octanol–water partition coefficient (Wildman–Crippen LogP) is 2.56. The van der Waals surface area contributed by atoms with E-state index >= 15 is 0 Å². The summed E-state index contributed by atoms with van der Waals surface area (Å²) in [7, 11) is 1.52. The number of pyridine rings is 1. The van der Waals surface area contributed by atoms with Crippen LogP contribution in [0.5, 0.6) is 5.75 Å². The summed E-state index contributed by atoms with van der Waals surface area (Å²) in [6.07, 6.45) is -1.17. The predicted molar refractivity (Wildman–Crippen MR) is 103 cm³/mol. The molecule has 27 heavy (non-hydrogen) atoms. The number of ether oxygens (including phenoxy) is 1. The largest absolute Gasteiger partial charge is 0.497 e. The maximum Gasteiger partial charge on any atom is 0.259 e. The van der Waals surface area contributed by atoms with Gasteiger partial charge in [-0.1, -0.05) is 23.7 Å². The molecule has 7 heteroatoms. The molecule has 1 atom stereocenters. The van der Waals surface area contributed by atoms with E-state index in [1.54, 1.807) is 42.5 Å². The van der Waals surface area contributed by atoms with E-state index < -0.39 is 18.3 Å². The number of hydrogen-bond donors (Lipinski definition) is 2. The minimum Gasteiger partial charge on any atom is -0.497 e. The van der Waals surface area contributed by atoms with E-state index in [0.29, 0.717) is 32.7 Å². The first-order chi connectivity index (χ1) is 13.0. The van der Waals surface area contributed by atoms with Gasteiger partial charge in [0.25, 0.3) is 5.56 Å². The van der Waals surface area contributed by atoms with Crippen molar-refractivity contribution in [2.45, 2.75) is 12.6 Å². The quantitative estimate of drug-likeness (QED) is 0.704. The molecule has 0 saturated carbocycles. The highest BCUT2D eigenvalue weighted by Crippen LogP contribution is 2.33. The maximum absolute atomic E-state index is 13.0. The van der Waals surface area contributed by atoms with Gasteiger partial charge in [0.05, 0.1) is 26.4 Å². The molecular weight excluding hydrogens is 368 g/mol. The van der Waals surface area contributed by atoms with Crippen LogP contribution in [0.4, 0.5) is 0 Å². The van der Waals surface area contributed by atoms with Crippen LogP contribution >= 0.6 is 11.6 Å². The number of benzene rings is 2. The highest BCUT2D eigenvalue weighted by atomic mass is 35.5. The lowest BCUT2D eigenvalue weighted by molar-refractivity contribution is 0.0803. The molecule has 1 aromatic heterocycles. The van der Waals surface area contributed by atoms with E-state index in [9.17, 15) is 20.3 Å². The van der Waals surface area contributed by atoms with Crippen LogP contribution < -0.4 is 10.3 Å². The first-order valence-electron chi connectivity index (χ1n) is 8.19. The van der Waals surface area contributed by atoms with Crippen LogP contribution in [0.15, 0.2) is 47.3 Å². The van der Waals surface area contributed by atoms with Crippen molar-refractivity contribution in [2.24, 2.45) is 0 Å². The number of fused-ring (bicyclic) bond motifs is 1. The summed E-state index contributed by atoms with van der Waals surface area (Å²) >= 11 is 6.13. The van der Waals surface area contributed by atoms with Gasteiger partial charge in [-0.3, -0.25) is 9.36 Å². The molecule has 0 saturated heterocycles. The second kappa shape index (κ2) is 7.80. The minimum absolute atomic E-state index is 0.0792. The summed E-state index contributed by atoms with van der Waals surface area (Å²) in [6, 6.07) is 14.0. The fourth-order valence-electron chi connectivity index (χ4n) is 3.05. The molecule has 3 aromatic rings. The standard InChI is InChI=1S/C20H17ClN2O4/c1-27-15-5-6-16-17(8-15)19(12-3-2-4-13(21)7-12)18(9-22)23(20(16)26)10-14(25)11-24/h2-8,14,24-25H,10-11H2,1H3/t14-/m0/s1. The number of methoxy groups -OCH3 is 1. The van der Waals surface area contributed by atoms with Crippen LogP contribution in [-0.4, -0.2) is 34.6 Å². The highest BCUT2D eigenvalue weighted by Gasteiger charge is 2.20. The molecule has 0 aliphatic rings. The summed E-state index contributed by atoms with van der Waals surface area (Å²) in [5, 5.41) is 30.2. The Kier molecular flexibility index (Phi) is 5.47. The van der Waals surface area contributed by atoms with Gasteiger partial charge in [-0.15, -0.1) is 0 Å². The number of aliphatic hydroxyl groups is 2. The third kappa shape index (κ3) is 3.53. The van der Waals surface area contributed by atoms with Crippen LogP contribution in [0.1, 0.15) is 5.69 Å². The number of aromatic nitrogens is 1. The molecule has 138 valence electrons. The monoisotopic (exact) mass is 384 g/mol. The molecule has 0 fully saturated rings. The molecule has 0 bridgehead atoms. The van der Waals surface area contributed by atoms with Gasteiger partial charge in [0.1, 0.15) is 17.5 Å². The van der Waals surface area contributed by atoms with Crippen molar-refractivity contribution >= 4 is 22.4 Å². The Balaban J connectivity index is 2.47. The van der Waals surface area contributed by atoms with Gasteiger partial charge < -0.3 is 14.9 Å². The molecule has 0 spiro atoms. The van der Waals surface area contributed by atoms with Crippen LogP contribution in [0.3, 0.4) is 0 Å². The van der Waals surface area contributed by atoms with Gasteiger partial charge >= 0.3 is 0 Å². The fourth-order valence-corrected chi connectivity index (χ4v) is 3.24. The number of hydrogen-bond acceptors (Lipinski definition) is 5. The SMILES string of the molecule is COc1ccc2c(=O)n(C[C@H](O)CO)c(C#N)c(-c3cccc(Cl)c3)c2c1. The lowest BCUT2D eigenvalue weighted by atomic mass is 9.96. The van der Waals surface area contributed by atoms with Crippen molar-refractivity contribution in [2.75, 3.05) is 13.7 Å². The molecular formula is C20H17ClN2O4. The van der Waals surface area contributed by atoms with E-state index in [0.717, 1.165) is 0 Å². The van der Waals surface area contributed by atoms with E-state index in [1.807, 2.05) is 0 Å². The second-order valence-corrected chi connectivity index (χ2v) is 6.45. The van der Waals surface area contributed by atoms with Crippen molar-refractivity contribution in [1.82, 2.24) is 4.57 Å². The van der Waals surface area contributed by atoms with Crippen molar-refractivity contribution in [3.05, 3.63) is 63.5 Å². The van der Waals surface area contributed by atoms with E-state index in [1.165, 1.54) is 11.7 Å². The molecule has 0 unspecified atom stereocenters. The smallest absolute Gasteiger partial charge is 0.259 e. The molecule has 3 rings (SSSR count). The number of rotatable bonds is 5. The zero-order valence-electron chi connectivity index (χ0n) is 14.5. The maximum atomic E-state index is 13.0. The summed E-state index contributed by atoms with van der Waals surface area (Å²) in [5.74, 6) is 0.544. The van der Waals surface area contributed by atoms with Gasteiger partial charge in [-0.05, 0) is 35.9 Å². The number of halogens is 1. The van der Waals surface area contributed by atoms with Crippen molar-refractivity contribution in [3.8, 4) is 22.9 Å². The van der Waals surface area contributed by atoms with Crippen molar-refractivity contribution < 1.29 is 14.9 Å². The number of nitrogens with zero attached hydrogens (tertiary/aromatic N) is 2. The van der Waals surface area contributed by atoms with Gasteiger partial charge in [-0.2, -0.15) is 5.26 Å². The molecule has 0 amide bonds. The topological polar surface area (TPSA) is 95.5 Å². The van der Waals surface area contributed by atoms with Crippen molar-refractivity contribution in [3.63, 3.8) is 0 Å². The molecule has 0 aliphatic heterocycles. The number of nitriles is 1. The van der Waals surface area contributed by atoms with E-state index in [-0.39, 0.29) is 12.2 Å². The Bertz CT molecular complexity index is 1100. The van der Waals surface area contributed by atoms with Gasteiger partial charge in [0.15, 0.2) is 0 Å². The highest BCUT2D eigenvalue weighted by molar-refractivity contribution is 6.31. The lowest BCUT2D eigenvalue weighted by Crippen LogP contribution is -2.31. The van der Waals surface area contributed by atoms with Gasteiger partial charge in [0.2, 0.25) is 0 Å². The molecule has 0 aliphatic carbocycles. The Morgan fingerprint density at radius 1 is 1.26 bits per heavy atom. The van der Waals surface area contributed by atoms with Crippen LogP contribution in [0.25, 0.3) is 21.9 Å². The Hall–Kier alpha value is -2.85. The summed E-state index contributed by atoms with van der Waals surface area (Å²) < 4.78 is 6.46. The summed E-state index contributed by atoms with van der Waals surface area (Å²) in [6.45, 7) is -0.724. The molecule has 0 radical (unpaired) electrons.